The van der Waals surface area contributed by atoms with Gasteiger partial charge in [-0.1, -0.05) is 40.3 Å². The summed E-state index contributed by atoms with van der Waals surface area (Å²) in [6.45, 7) is 1.81. The molecule has 0 radical (unpaired) electrons. The van der Waals surface area contributed by atoms with E-state index in [2.05, 4.69) is 20.7 Å². The Kier molecular flexibility index (Phi) is 4.65. The highest BCUT2D eigenvalue weighted by molar-refractivity contribution is 9.10. The minimum atomic E-state index is -3.65. The van der Waals surface area contributed by atoms with Gasteiger partial charge in [-0.2, -0.15) is 0 Å². The third kappa shape index (κ3) is 3.81. The van der Waals surface area contributed by atoms with Gasteiger partial charge in [0.15, 0.2) is 0 Å². The lowest BCUT2D eigenvalue weighted by atomic mass is 10.1. The van der Waals surface area contributed by atoms with Crippen LogP contribution in [0.1, 0.15) is 11.1 Å². The Morgan fingerprint density at radius 3 is 2.38 bits per heavy atom. The number of aryl methyl sites for hydroxylation is 1. The predicted molar refractivity (Wildman–Crippen MR) is 92.0 cm³/mol. The summed E-state index contributed by atoms with van der Waals surface area (Å²) < 4.78 is 28.1. The van der Waals surface area contributed by atoms with Gasteiger partial charge in [0.05, 0.1) is 10.6 Å². The highest BCUT2D eigenvalue weighted by Crippen LogP contribution is 2.22. The first-order valence-electron chi connectivity index (χ1n) is 5.98. The smallest absolute Gasteiger partial charge is 0.261 e. The Morgan fingerprint density at radius 2 is 1.81 bits per heavy atom. The molecule has 4 nitrogen and oxygen atoms in total. The summed E-state index contributed by atoms with van der Waals surface area (Å²) >= 11 is 8.18. The number of halogens is 1. The average Bonchev–Trinajstić information content (AvgIpc) is 2.41. The van der Waals surface area contributed by atoms with Crippen molar-refractivity contribution >= 4 is 48.8 Å². The minimum absolute atomic E-state index is 0.186. The van der Waals surface area contributed by atoms with Crippen LogP contribution in [-0.4, -0.2) is 13.4 Å². The van der Waals surface area contributed by atoms with E-state index in [-0.39, 0.29) is 9.88 Å². The number of hydrogen-bond donors (Lipinski definition) is 2. The Morgan fingerprint density at radius 1 is 1.19 bits per heavy atom. The number of benzene rings is 2. The molecule has 3 N–H and O–H groups in total. The second kappa shape index (κ2) is 6.13. The molecule has 0 unspecified atom stereocenters. The van der Waals surface area contributed by atoms with Crippen molar-refractivity contribution in [1.82, 2.24) is 0 Å². The molecule has 0 spiro atoms. The van der Waals surface area contributed by atoms with Gasteiger partial charge in [0.1, 0.15) is 4.99 Å². The van der Waals surface area contributed by atoms with Gasteiger partial charge in [0.2, 0.25) is 0 Å². The highest BCUT2D eigenvalue weighted by Gasteiger charge is 2.15. The zero-order valence-electron chi connectivity index (χ0n) is 11.1. The van der Waals surface area contributed by atoms with Gasteiger partial charge in [-0.3, -0.25) is 4.72 Å². The lowest BCUT2D eigenvalue weighted by Crippen LogP contribution is -2.15. The second-order valence-corrected chi connectivity index (χ2v) is 7.49. The van der Waals surface area contributed by atoms with Crippen LogP contribution < -0.4 is 10.5 Å². The summed E-state index contributed by atoms with van der Waals surface area (Å²) in [6.07, 6.45) is 0. The Balaban J connectivity index is 2.38. The molecule has 0 aliphatic carbocycles. The quantitative estimate of drug-likeness (QED) is 0.793. The van der Waals surface area contributed by atoms with Crippen LogP contribution >= 0.6 is 28.1 Å². The van der Waals surface area contributed by atoms with Crippen LogP contribution in [0.3, 0.4) is 0 Å². The lowest BCUT2D eigenvalue weighted by molar-refractivity contribution is 0.601. The van der Waals surface area contributed by atoms with E-state index in [1.165, 1.54) is 12.1 Å². The summed E-state index contributed by atoms with van der Waals surface area (Å²) in [4.78, 5) is 0.407. The number of sulfonamides is 1. The van der Waals surface area contributed by atoms with Gasteiger partial charge in [-0.25, -0.2) is 8.42 Å². The normalized spacial score (nSPS) is 11.1. The summed E-state index contributed by atoms with van der Waals surface area (Å²) in [6, 6.07) is 11.6. The Labute approximate surface area is 137 Å². The molecule has 110 valence electrons. The number of hydrogen-bond acceptors (Lipinski definition) is 3. The Bertz CT molecular complexity index is 787. The maximum atomic E-state index is 12.4. The third-order valence-electron chi connectivity index (χ3n) is 2.89. The molecule has 2 aromatic carbocycles. The fraction of sp³-hybridized carbons (Fsp3) is 0.0714. The molecule has 7 heteroatoms. The van der Waals surface area contributed by atoms with Crippen LogP contribution in [0, 0.1) is 6.92 Å². The van der Waals surface area contributed by atoms with Crippen LogP contribution in [0.2, 0.25) is 0 Å². The molecule has 0 fully saturated rings. The standard InChI is InChI=1S/C14H13BrN2O2S2/c1-9-2-3-10(14(16)20)8-13(9)17-21(18,19)12-6-4-11(15)5-7-12/h2-8,17H,1H3,(H2,16,20). The maximum Gasteiger partial charge on any atom is 0.261 e. The largest absolute Gasteiger partial charge is 0.389 e. The van der Waals surface area contributed by atoms with E-state index in [1.54, 1.807) is 30.3 Å². The van der Waals surface area contributed by atoms with Crippen molar-refractivity contribution in [3.05, 3.63) is 58.1 Å². The third-order valence-corrected chi connectivity index (χ3v) is 5.04. The molecule has 0 aliphatic heterocycles. The van der Waals surface area contributed by atoms with Gasteiger partial charge >= 0.3 is 0 Å². The summed E-state index contributed by atoms with van der Waals surface area (Å²) in [7, 11) is -3.65. The molecule has 2 aromatic rings. The van der Waals surface area contributed by atoms with Crippen molar-refractivity contribution in [3.63, 3.8) is 0 Å². The second-order valence-electron chi connectivity index (χ2n) is 4.45. The number of rotatable bonds is 4. The monoisotopic (exact) mass is 384 g/mol. The molecule has 0 heterocycles. The number of nitrogens with one attached hydrogen (secondary N) is 1. The van der Waals surface area contributed by atoms with Gasteiger partial charge in [0, 0.05) is 10.0 Å². The fourth-order valence-corrected chi connectivity index (χ4v) is 3.22. The van der Waals surface area contributed by atoms with E-state index < -0.39 is 10.0 Å². The minimum Gasteiger partial charge on any atom is -0.389 e. The first-order valence-corrected chi connectivity index (χ1v) is 8.67. The van der Waals surface area contributed by atoms with E-state index in [0.717, 1.165) is 10.0 Å². The van der Waals surface area contributed by atoms with E-state index in [4.69, 9.17) is 18.0 Å². The van der Waals surface area contributed by atoms with Crippen LogP contribution in [0.4, 0.5) is 5.69 Å². The summed E-state index contributed by atoms with van der Waals surface area (Å²) in [5, 5.41) is 0. The molecule has 0 atom stereocenters. The molecule has 0 amide bonds. The van der Waals surface area contributed by atoms with Crippen molar-refractivity contribution < 1.29 is 8.42 Å². The van der Waals surface area contributed by atoms with Crippen LogP contribution in [0.25, 0.3) is 0 Å². The molecular weight excluding hydrogens is 372 g/mol. The van der Waals surface area contributed by atoms with E-state index >= 15 is 0 Å². The molecule has 2 rings (SSSR count). The van der Waals surface area contributed by atoms with Gasteiger partial charge in [0.25, 0.3) is 10.0 Å². The summed E-state index contributed by atoms with van der Waals surface area (Å²) in [5.41, 5.74) is 7.44. The van der Waals surface area contributed by atoms with Gasteiger partial charge in [-0.15, -0.1) is 0 Å². The van der Waals surface area contributed by atoms with Crippen molar-refractivity contribution in [2.45, 2.75) is 11.8 Å². The van der Waals surface area contributed by atoms with Crippen LogP contribution in [-0.2, 0) is 10.0 Å². The van der Waals surface area contributed by atoms with Crippen molar-refractivity contribution in [1.29, 1.82) is 0 Å². The van der Waals surface area contributed by atoms with Crippen molar-refractivity contribution in [2.75, 3.05) is 4.72 Å². The lowest BCUT2D eigenvalue weighted by Gasteiger charge is -2.12. The number of anilines is 1. The van der Waals surface area contributed by atoms with Gasteiger partial charge in [-0.05, 0) is 42.8 Å². The zero-order chi connectivity index (χ0) is 15.6. The molecular formula is C14H13BrN2O2S2. The molecule has 0 aliphatic rings. The fourth-order valence-electron chi connectivity index (χ4n) is 1.70. The number of thiocarbonyl (C=S) groups is 1. The molecule has 0 saturated heterocycles. The maximum absolute atomic E-state index is 12.4. The zero-order valence-corrected chi connectivity index (χ0v) is 14.3. The van der Waals surface area contributed by atoms with Gasteiger partial charge < -0.3 is 5.73 Å². The first kappa shape index (κ1) is 15.9. The first-order chi connectivity index (χ1) is 9.79. The highest BCUT2D eigenvalue weighted by atomic mass is 79.9. The topological polar surface area (TPSA) is 72.2 Å². The predicted octanol–water partition coefficient (Wildman–Crippen LogP) is 3.19. The van der Waals surface area contributed by atoms with Crippen LogP contribution in [0.5, 0.6) is 0 Å². The van der Waals surface area contributed by atoms with Crippen molar-refractivity contribution in [3.8, 4) is 0 Å². The van der Waals surface area contributed by atoms with E-state index in [0.29, 0.717) is 11.3 Å². The summed E-state index contributed by atoms with van der Waals surface area (Å²) in [5.74, 6) is 0. The molecule has 21 heavy (non-hydrogen) atoms. The van der Waals surface area contributed by atoms with E-state index in [9.17, 15) is 8.42 Å². The van der Waals surface area contributed by atoms with Crippen LogP contribution in [0.15, 0.2) is 51.8 Å². The molecule has 0 bridgehead atoms. The Hall–Kier alpha value is -1.44. The SMILES string of the molecule is Cc1ccc(C(N)=S)cc1NS(=O)(=O)c1ccc(Br)cc1. The van der Waals surface area contributed by atoms with Crippen molar-refractivity contribution in [2.24, 2.45) is 5.73 Å². The van der Waals surface area contributed by atoms with E-state index in [1.807, 2.05) is 6.92 Å². The molecule has 0 aromatic heterocycles. The molecule has 0 saturated carbocycles. The average molecular weight is 385 g/mol. The number of nitrogens with two attached hydrogens (primary N) is 1.